The van der Waals surface area contributed by atoms with Gasteiger partial charge in [0.05, 0.1) is 16.6 Å². The van der Waals surface area contributed by atoms with Gasteiger partial charge in [0.2, 0.25) is 0 Å². The van der Waals surface area contributed by atoms with Gasteiger partial charge in [0, 0.05) is 49.2 Å². The molecule has 0 amide bonds. The Labute approximate surface area is 386 Å². The summed E-state index contributed by atoms with van der Waals surface area (Å²) in [5.74, 6) is 0. The van der Waals surface area contributed by atoms with Gasteiger partial charge >= 0.3 is 0 Å². The second kappa shape index (κ2) is 14.7. The highest BCUT2D eigenvalue weighted by molar-refractivity contribution is 6.69. The van der Waals surface area contributed by atoms with Gasteiger partial charge in [-0.15, -0.1) is 16.4 Å². The maximum Gasteiger partial charge on any atom is 0.141 e. The fourth-order valence-corrected chi connectivity index (χ4v) is 11.3. The summed E-state index contributed by atoms with van der Waals surface area (Å²) in [5, 5.41) is 7.33. The fraction of sp³-hybridized carbons (Fsp3) is 0. The number of fused-ring (bicyclic) bond motifs is 9. The number of furan rings is 1. The molecular formula is C54H42B8N2O. The molecule has 0 saturated heterocycles. The van der Waals surface area contributed by atoms with Crippen LogP contribution in [0.3, 0.4) is 0 Å². The Morgan fingerprint density at radius 2 is 0.862 bits per heavy atom. The highest BCUT2D eigenvalue weighted by Crippen LogP contribution is 2.39. The predicted molar refractivity (Wildman–Crippen MR) is 304 cm³/mol. The van der Waals surface area contributed by atoms with Crippen molar-refractivity contribution in [2.75, 3.05) is 0 Å². The molecule has 0 unspecified atom stereocenters. The molecule has 0 bridgehead atoms. The lowest BCUT2D eigenvalue weighted by atomic mass is 9.59. The lowest BCUT2D eigenvalue weighted by Gasteiger charge is -2.20. The highest BCUT2D eigenvalue weighted by atomic mass is 16.3. The Hall–Kier alpha value is -7.10. The molecule has 9 aromatic carbocycles. The molecule has 0 spiro atoms. The van der Waals surface area contributed by atoms with Crippen LogP contribution in [0.1, 0.15) is 0 Å². The van der Waals surface area contributed by atoms with E-state index in [-0.39, 0.29) is 0 Å². The summed E-state index contributed by atoms with van der Waals surface area (Å²) in [6.45, 7) is 0. The molecule has 0 aliphatic heterocycles. The predicted octanol–water partition coefficient (Wildman–Crippen LogP) is 0.848. The zero-order valence-electron chi connectivity index (χ0n) is 38.3. The van der Waals surface area contributed by atoms with Gasteiger partial charge in [-0.3, -0.25) is 0 Å². The lowest BCUT2D eigenvalue weighted by Crippen LogP contribution is -2.55. The average molecular weight is 821 g/mol. The third-order valence-electron chi connectivity index (χ3n) is 15.1. The standard InChI is InChI=1S/C54H42B8N2O/c55-46-43(29-17-22-39-36(24-29)33-10-4-6-12-38(33)63(39)31-18-14-28(15-19-31)27-8-2-1-3-9-27)49(58)53(62)54-45(46)35-21-16-30(44-47(56)50(59)52(61)51(60)48(44)57)25-40(35)64(54)32-20-23-42-37(26-32)34-11-5-7-13-41(34)65-42/h1-26H,55-62H2. The van der Waals surface area contributed by atoms with Gasteiger partial charge in [-0.1, -0.05) is 124 Å². The molecule has 0 radical (unpaired) electrons. The first kappa shape index (κ1) is 39.5. The number of para-hydroxylation sites is 2. The minimum Gasteiger partial charge on any atom is -0.456 e. The minimum atomic E-state index is 0.903. The van der Waals surface area contributed by atoms with E-state index in [0.717, 1.165) is 33.3 Å². The zero-order valence-corrected chi connectivity index (χ0v) is 38.3. The summed E-state index contributed by atoms with van der Waals surface area (Å²) in [7, 11) is 18.4. The van der Waals surface area contributed by atoms with E-state index in [4.69, 9.17) is 4.42 Å². The molecule has 0 aliphatic carbocycles. The van der Waals surface area contributed by atoms with Crippen molar-refractivity contribution in [2.45, 2.75) is 0 Å². The van der Waals surface area contributed by atoms with Crippen LogP contribution >= 0.6 is 0 Å². The molecule has 0 fully saturated rings. The molecule has 0 aliphatic rings. The molecule has 11 heteroatoms. The van der Waals surface area contributed by atoms with E-state index in [1.807, 2.05) is 6.07 Å². The topological polar surface area (TPSA) is 23.0 Å². The van der Waals surface area contributed by atoms with Crippen molar-refractivity contribution in [1.82, 2.24) is 9.13 Å². The van der Waals surface area contributed by atoms with Gasteiger partial charge in [-0.05, 0) is 94.0 Å². The monoisotopic (exact) mass is 822 g/mol. The van der Waals surface area contributed by atoms with E-state index in [1.165, 1.54) is 121 Å². The van der Waals surface area contributed by atoms with Gasteiger partial charge in [0.25, 0.3) is 0 Å². The molecule has 65 heavy (non-hydrogen) atoms. The van der Waals surface area contributed by atoms with Crippen molar-refractivity contribution in [3.8, 4) is 44.8 Å². The first-order valence-electron chi connectivity index (χ1n) is 22.9. The maximum atomic E-state index is 6.36. The van der Waals surface area contributed by atoms with Gasteiger partial charge in [0.1, 0.15) is 73.9 Å². The number of aromatic nitrogens is 2. The van der Waals surface area contributed by atoms with Crippen molar-refractivity contribution < 1.29 is 4.42 Å². The van der Waals surface area contributed by atoms with E-state index >= 15 is 0 Å². The molecule has 3 aromatic heterocycles. The minimum absolute atomic E-state index is 0.903. The zero-order chi connectivity index (χ0) is 44.4. The van der Waals surface area contributed by atoms with Crippen molar-refractivity contribution in [3.05, 3.63) is 158 Å². The second-order valence-corrected chi connectivity index (χ2v) is 18.3. The Kier molecular flexibility index (Phi) is 8.94. The summed E-state index contributed by atoms with van der Waals surface area (Å²) in [5.41, 5.74) is 27.2. The molecule has 12 aromatic rings. The first-order chi connectivity index (χ1) is 31.6. The van der Waals surface area contributed by atoms with Crippen molar-refractivity contribution in [2.24, 2.45) is 0 Å². The second-order valence-electron chi connectivity index (χ2n) is 18.3. The van der Waals surface area contributed by atoms with Crippen LogP contribution in [0.5, 0.6) is 0 Å². The van der Waals surface area contributed by atoms with Gasteiger partial charge < -0.3 is 13.6 Å². The molecule has 3 heterocycles. The van der Waals surface area contributed by atoms with Crippen LogP contribution in [0.2, 0.25) is 0 Å². The van der Waals surface area contributed by atoms with E-state index in [0.29, 0.717) is 0 Å². The van der Waals surface area contributed by atoms with Gasteiger partial charge in [-0.25, -0.2) is 0 Å². The van der Waals surface area contributed by atoms with Crippen LogP contribution in [-0.4, -0.2) is 71.9 Å². The number of benzene rings is 9. The van der Waals surface area contributed by atoms with Crippen molar-refractivity contribution in [1.29, 1.82) is 0 Å². The maximum absolute atomic E-state index is 6.36. The number of rotatable bonds is 5. The Morgan fingerprint density at radius 1 is 0.308 bits per heavy atom. The smallest absolute Gasteiger partial charge is 0.141 e. The Morgan fingerprint density at radius 3 is 1.63 bits per heavy atom. The summed E-state index contributed by atoms with van der Waals surface area (Å²) in [6, 6.07) is 57.9. The Balaban J connectivity index is 1.10. The van der Waals surface area contributed by atoms with Gasteiger partial charge in [0.15, 0.2) is 0 Å². The van der Waals surface area contributed by atoms with Gasteiger partial charge in [-0.2, -0.15) is 0 Å². The van der Waals surface area contributed by atoms with Crippen molar-refractivity contribution in [3.63, 3.8) is 0 Å². The third kappa shape index (κ3) is 5.80. The summed E-state index contributed by atoms with van der Waals surface area (Å²) >= 11 is 0. The fourth-order valence-electron chi connectivity index (χ4n) is 11.3. The van der Waals surface area contributed by atoms with Crippen LogP contribution in [-0.2, 0) is 0 Å². The average Bonchev–Trinajstić information content (AvgIpc) is 4.00. The molecule has 12 rings (SSSR count). The molecule has 0 saturated carbocycles. The summed E-state index contributed by atoms with van der Waals surface area (Å²) in [6.07, 6.45) is 0. The van der Waals surface area contributed by atoms with E-state index in [2.05, 4.69) is 224 Å². The summed E-state index contributed by atoms with van der Waals surface area (Å²) < 4.78 is 11.3. The van der Waals surface area contributed by atoms with E-state index in [9.17, 15) is 0 Å². The molecular weight excluding hydrogens is 779 g/mol. The Bertz CT molecular complexity index is 3950. The van der Waals surface area contributed by atoms with Crippen LogP contribution in [0, 0.1) is 0 Å². The van der Waals surface area contributed by atoms with Crippen LogP contribution in [0.25, 0.3) is 110 Å². The molecule has 0 atom stereocenters. The number of hydrogen-bond acceptors (Lipinski definition) is 1. The van der Waals surface area contributed by atoms with E-state index in [1.54, 1.807) is 0 Å². The normalized spacial score (nSPS) is 11.9. The summed E-state index contributed by atoms with van der Waals surface area (Å²) in [4.78, 5) is 0. The highest BCUT2D eigenvalue weighted by Gasteiger charge is 2.24. The molecule has 3 nitrogen and oxygen atoms in total. The molecule has 0 N–H and O–H groups in total. The largest absolute Gasteiger partial charge is 0.456 e. The third-order valence-corrected chi connectivity index (χ3v) is 15.1. The number of nitrogens with zero attached hydrogens (tertiary/aromatic N) is 2. The van der Waals surface area contributed by atoms with E-state index < -0.39 is 0 Å². The lowest BCUT2D eigenvalue weighted by molar-refractivity contribution is 0.669. The van der Waals surface area contributed by atoms with Crippen molar-refractivity contribution >= 4 is 172 Å². The van der Waals surface area contributed by atoms with Crippen LogP contribution in [0.4, 0.5) is 0 Å². The van der Waals surface area contributed by atoms with Crippen LogP contribution < -0.4 is 43.7 Å². The van der Waals surface area contributed by atoms with Crippen LogP contribution in [0.15, 0.2) is 162 Å². The SMILES string of the molecule is Bc1c(B)c(B)c(-c2ccc3c4c(B)c(-c5ccc6c(c5)c5ccccc5n6-c5ccc(-c6ccccc6)cc5)c(B)c(B)c4n(-c4ccc5oc6ccccc6c5c4)c3c2)c(B)c1B. The number of hydrogen-bond donors (Lipinski definition) is 0. The first-order valence-corrected chi connectivity index (χ1v) is 22.9. The quantitative estimate of drug-likeness (QED) is 0.237. The molecule has 298 valence electrons.